The van der Waals surface area contributed by atoms with E-state index in [9.17, 15) is 13.0 Å². The molecule has 0 aliphatic carbocycles. The monoisotopic (exact) mass is 446 g/mol. The van der Waals surface area contributed by atoms with Crippen LogP contribution in [0, 0.1) is 13.8 Å². The fraction of sp³-hybridized carbons (Fsp3) is 0.870. The summed E-state index contributed by atoms with van der Waals surface area (Å²) >= 11 is 0. The first-order chi connectivity index (χ1) is 14.2. The van der Waals surface area contributed by atoms with E-state index < -0.39 is 10.4 Å². The lowest BCUT2D eigenvalue weighted by Crippen LogP contribution is -2.41. The zero-order valence-corrected chi connectivity index (χ0v) is 20.9. The fourth-order valence-electron chi connectivity index (χ4n) is 3.68. The van der Waals surface area contributed by atoms with Crippen LogP contribution in [0.3, 0.4) is 0 Å². The van der Waals surface area contributed by atoms with Gasteiger partial charge in [-0.1, -0.05) is 90.4 Å². The SMILES string of the molecule is CCCCCCCCCCCCCCCCn1c(C)cc(C)[n+]1C.COS(=O)(=O)[O-]. The zero-order valence-electron chi connectivity index (χ0n) is 20.1. The number of hydrogen-bond donors (Lipinski definition) is 0. The molecule has 0 saturated carbocycles. The molecule has 0 N–H and O–H groups in total. The second-order valence-corrected chi connectivity index (χ2v) is 9.39. The van der Waals surface area contributed by atoms with Gasteiger partial charge in [0.15, 0.2) is 7.05 Å². The predicted octanol–water partition coefficient (Wildman–Crippen LogP) is 5.50. The van der Waals surface area contributed by atoms with Crippen LogP contribution in [0.5, 0.6) is 0 Å². The van der Waals surface area contributed by atoms with Crippen molar-refractivity contribution in [3.05, 3.63) is 17.5 Å². The molecule has 0 spiro atoms. The predicted molar refractivity (Wildman–Crippen MR) is 122 cm³/mol. The Bertz CT molecular complexity index is 642. The van der Waals surface area contributed by atoms with Crippen LogP contribution in [-0.2, 0) is 28.2 Å². The van der Waals surface area contributed by atoms with Gasteiger partial charge in [-0.3, -0.25) is 4.18 Å². The molecule has 0 unspecified atom stereocenters. The van der Waals surface area contributed by atoms with Crippen molar-refractivity contribution in [2.45, 2.75) is 117 Å². The lowest BCUT2D eigenvalue weighted by Gasteiger charge is -2.04. The summed E-state index contributed by atoms with van der Waals surface area (Å²) < 4.78 is 35.7. The lowest BCUT2D eigenvalue weighted by molar-refractivity contribution is -0.759. The van der Waals surface area contributed by atoms with Crippen LogP contribution in [0.25, 0.3) is 0 Å². The largest absolute Gasteiger partial charge is 0.726 e. The molecule has 0 radical (unpaired) electrons. The van der Waals surface area contributed by atoms with Gasteiger partial charge in [-0.25, -0.2) is 8.42 Å². The van der Waals surface area contributed by atoms with Crippen molar-refractivity contribution >= 4 is 10.4 Å². The molecule has 6 nitrogen and oxygen atoms in total. The van der Waals surface area contributed by atoms with E-state index in [1.165, 1.54) is 108 Å². The van der Waals surface area contributed by atoms with Crippen molar-refractivity contribution in [3.8, 4) is 0 Å². The molecule has 178 valence electrons. The number of hydrogen-bond acceptors (Lipinski definition) is 4. The number of nitrogens with zero attached hydrogens (tertiary/aromatic N) is 2. The van der Waals surface area contributed by atoms with Gasteiger partial charge in [-0.15, -0.1) is 4.68 Å². The molecule has 0 atom stereocenters. The number of unbranched alkanes of at least 4 members (excludes halogenated alkanes) is 13. The second-order valence-electron chi connectivity index (χ2n) is 8.24. The molecule has 0 amide bonds. The van der Waals surface area contributed by atoms with Gasteiger partial charge >= 0.3 is 0 Å². The topological polar surface area (TPSA) is 75.2 Å². The first kappa shape index (κ1) is 29.1. The molecule has 1 rings (SSSR count). The summed E-state index contributed by atoms with van der Waals surface area (Å²) in [6.45, 7) is 7.88. The normalized spacial score (nSPS) is 11.4. The highest BCUT2D eigenvalue weighted by Crippen LogP contribution is 2.13. The van der Waals surface area contributed by atoms with E-state index in [-0.39, 0.29) is 0 Å². The van der Waals surface area contributed by atoms with Gasteiger partial charge < -0.3 is 4.55 Å². The van der Waals surface area contributed by atoms with Gasteiger partial charge in [0.2, 0.25) is 16.1 Å². The summed E-state index contributed by atoms with van der Waals surface area (Å²) in [4.78, 5) is 0. The van der Waals surface area contributed by atoms with Gasteiger partial charge in [0.25, 0.3) is 0 Å². The van der Waals surface area contributed by atoms with E-state index in [0.717, 1.165) is 7.11 Å². The molecule has 0 bridgehead atoms. The van der Waals surface area contributed by atoms with Crippen molar-refractivity contribution in [1.29, 1.82) is 0 Å². The minimum atomic E-state index is -4.41. The van der Waals surface area contributed by atoms with Crippen LogP contribution in [0.2, 0.25) is 0 Å². The quantitative estimate of drug-likeness (QED) is 0.145. The molecule has 0 aromatic carbocycles. The Hall–Kier alpha value is -0.920. The van der Waals surface area contributed by atoms with E-state index in [1.807, 2.05) is 0 Å². The van der Waals surface area contributed by atoms with Crippen LogP contribution in [0.15, 0.2) is 6.07 Å². The summed E-state index contributed by atoms with van der Waals surface area (Å²) in [5, 5.41) is 0. The van der Waals surface area contributed by atoms with Crippen LogP contribution in [0.1, 0.15) is 108 Å². The van der Waals surface area contributed by atoms with Crippen molar-refractivity contribution in [2.24, 2.45) is 7.05 Å². The molecular formula is C23H46N2O4S. The average molecular weight is 447 g/mol. The molecule has 0 fully saturated rings. The Morgan fingerprint density at radius 3 is 1.53 bits per heavy atom. The fourth-order valence-corrected chi connectivity index (χ4v) is 3.68. The molecule has 1 aromatic rings. The van der Waals surface area contributed by atoms with Crippen LogP contribution < -0.4 is 4.68 Å². The Kier molecular flexibility index (Phi) is 17.2. The molecule has 7 heteroatoms. The number of aryl methyl sites for hydroxylation is 2. The standard InChI is InChI=1S/C22H43N2.CH4O4S/c1-5-6-7-8-9-10-11-12-13-14-15-16-17-18-19-24-22(3)20-21(2)23(24)4;1-5-6(2,3)4/h20H,5-19H2,1-4H3;1H3,(H,2,3,4)/q+1;/p-1. The van der Waals surface area contributed by atoms with E-state index in [1.54, 1.807) is 0 Å². The maximum absolute atomic E-state index is 9.22. The lowest BCUT2D eigenvalue weighted by atomic mass is 10.0. The first-order valence-corrected chi connectivity index (χ1v) is 13.1. The second kappa shape index (κ2) is 17.7. The highest BCUT2D eigenvalue weighted by Gasteiger charge is 2.11. The summed E-state index contributed by atoms with van der Waals surface area (Å²) in [5.41, 5.74) is 2.75. The van der Waals surface area contributed by atoms with Gasteiger partial charge in [-0.2, -0.15) is 4.68 Å². The van der Waals surface area contributed by atoms with Crippen molar-refractivity contribution in [1.82, 2.24) is 4.68 Å². The third kappa shape index (κ3) is 15.9. The molecule has 1 aromatic heterocycles. The van der Waals surface area contributed by atoms with E-state index in [4.69, 9.17) is 0 Å². The van der Waals surface area contributed by atoms with Crippen molar-refractivity contribution in [3.63, 3.8) is 0 Å². The van der Waals surface area contributed by atoms with Crippen LogP contribution in [-0.4, -0.2) is 24.8 Å². The molecule has 0 saturated heterocycles. The van der Waals surface area contributed by atoms with Crippen LogP contribution >= 0.6 is 0 Å². The third-order valence-corrected chi connectivity index (χ3v) is 6.03. The van der Waals surface area contributed by atoms with Gasteiger partial charge in [0.05, 0.1) is 19.3 Å². The van der Waals surface area contributed by atoms with Crippen molar-refractivity contribution in [2.75, 3.05) is 7.11 Å². The highest BCUT2D eigenvalue weighted by atomic mass is 32.3. The summed E-state index contributed by atoms with van der Waals surface area (Å²) in [6.07, 6.45) is 20.0. The van der Waals surface area contributed by atoms with Gasteiger partial charge in [0, 0.05) is 13.0 Å². The van der Waals surface area contributed by atoms with Crippen LogP contribution in [0.4, 0.5) is 0 Å². The Labute approximate surface area is 186 Å². The maximum atomic E-state index is 9.22. The summed E-state index contributed by atoms with van der Waals surface area (Å²) in [6, 6.07) is 2.28. The van der Waals surface area contributed by atoms with E-state index in [0.29, 0.717) is 0 Å². The van der Waals surface area contributed by atoms with Crippen molar-refractivity contribution < 1.29 is 21.8 Å². The Morgan fingerprint density at radius 1 is 0.867 bits per heavy atom. The van der Waals surface area contributed by atoms with E-state index >= 15 is 0 Å². The number of aromatic nitrogens is 2. The number of rotatable bonds is 16. The smallest absolute Gasteiger partial charge is 0.217 e. The minimum absolute atomic E-state index is 0.808. The Balaban J connectivity index is 0.00000122. The summed E-state index contributed by atoms with van der Waals surface area (Å²) in [5.74, 6) is 0. The van der Waals surface area contributed by atoms with Gasteiger partial charge in [0.1, 0.15) is 0 Å². The zero-order chi connectivity index (χ0) is 22.8. The molecular weight excluding hydrogens is 400 g/mol. The average Bonchev–Trinajstić information content (AvgIpc) is 2.94. The molecule has 0 aliphatic heterocycles. The summed E-state index contributed by atoms with van der Waals surface area (Å²) in [7, 11) is -1.43. The molecule has 0 aliphatic rings. The van der Waals surface area contributed by atoms with Gasteiger partial charge in [-0.05, 0) is 13.3 Å². The molecule has 30 heavy (non-hydrogen) atoms. The molecule has 1 heterocycles. The minimum Gasteiger partial charge on any atom is -0.726 e. The highest BCUT2D eigenvalue weighted by molar-refractivity contribution is 7.80. The first-order valence-electron chi connectivity index (χ1n) is 11.8. The maximum Gasteiger partial charge on any atom is 0.217 e. The third-order valence-electron chi connectivity index (χ3n) is 5.63. The Morgan fingerprint density at radius 2 is 1.23 bits per heavy atom. The van der Waals surface area contributed by atoms with E-state index in [2.05, 4.69) is 47.4 Å².